The van der Waals surface area contributed by atoms with Crippen LogP contribution in [-0.4, -0.2) is 25.0 Å². The van der Waals surface area contributed by atoms with Gasteiger partial charge in [-0.1, -0.05) is 0 Å². The molecule has 0 saturated carbocycles. The summed E-state index contributed by atoms with van der Waals surface area (Å²) in [4.78, 5) is 4.36. The summed E-state index contributed by atoms with van der Waals surface area (Å²) in [5, 5.41) is 8.32. The molecule has 4 heteroatoms. The van der Waals surface area contributed by atoms with Gasteiger partial charge < -0.3 is 15.7 Å². The van der Waals surface area contributed by atoms with E-state index in [0.29, 0.717) is 0 Å². The van der Waals surface area contributed by atoms with Crippen molar-refractivity contribution in [2.24, 2.45) is 5.73 Å². The minimum Gasteiger partial charge on any atom is -0.377 e. The normalized spacial score (nSPS) is 14.1. The molecule has 0 aliphatic carbocycles. The Morgan fingerprint density at radius 1 is 2.00 bits per heavy atom. The smallest absolute Gasteiger partial charge is 0.117 e. The van der Waals surface area contributed by atoms with Crippen LogP contribution in [0.25, 0.3) is 0 Å². The standard InChI is InChI=1S/C3H10N2O2/c1-7-5-2-3(4)6/h3,5-6H,2,4H2,1H3. The van der Waals surface area contributed by atoms with E-state index in [4.69, 9.17) is 10.8 Å². The van der Waals surface area contributed by atoms with Crippen LogP contribution in [0.1, 0.15) is 0 Å². The van der Waals surface area contributed by atoms with Crippen molar-refractivity contribution in [3.05, 3.63) is 0 Å². The largest absolute Gasteiger partial charge is 0.377 e. The number of nitrogens with one attached hydrogen (secondary N) is 1. The van der Waals surface area contributed by atoms with E-state index in [-0.39, 0.29) is 6.54 Å². The third kappa shape index (κ3) is 5.84. The monoisotopic (exact) mass is 106 g/mol. The zero-order chi connectivity index (χ0) is 5.70. The molecular weight excluding hydrogens is 96.0 g/mol. The first kappa shape index (κ1) is 6.84. The average Bonchev–Trinajstić information content (AvgIpc) is 1.61. The summed E-state index contributed by atoms with van der Waals surface area (Å²) in [7, 11) is 1.46. The van der Waals surface area contributed by atoms with Gasteiger partial charge in [0.15, 0.2) is 0 Å². The lowest BCUT2D eigenvalue weighted by molar-refractivity contribution is 0.0523. The maximum atomic E-state index is 8.32. The van der Waals surface area contributed by atoms with E-state index >= 15 is 0 Å². The van der Waals surface area contributed by atoms with E-state index in [0.717, 1.165) is 0 Å². The van der Waals surface area contributed by atoms with Gasteiger partial charge in [-0.2, -0.15) is 5.48 Å². The van der Waals surface area contributed by atoms with Crippen LogP contribution in [-0.2, 0) is 4.84 Å². The topological polar surface area (TPSA) is 67.5 Å². The third-order valence-electron chi connectivity index (χ3n) is 0.437. The molecule has 0 fully saturated rings. The Hall–Kier alpha value is -0.160. The summed E-state index contributed by atoms with van der Waals surface area (Å²) < 4.78 is 0. The fourth-order valence-electron chi connectivity index (χ4n) is 0.169. The second-order valence-electron chi connectivity index (χ2n) is 1.12. The maximum Gasteiger partial charge on any atom is 0.117 e. The molecule has 0 aromatic carbocycles. The van der Waals surface area contributed by atoms with Crippen molar-refractivity contribution >= 4 is 0 Å². The number of rotatable bonds is 3. The molecule has 0 aliphatic heterocycles. The van der Waals surface area contributed by atoms with Crippen molar-refractivity contribution in [2.45, 2.75) is 6.23 Å². The van der Waals surface area contributed by atoms with Crippen LogP contribution in [0.2, 0.25) is 0 Å². The highest BCUT2D eigenvalue weighted by atomic mass is 16.6. The molecule has 0 aliphatic rings. The molecule has 0 heterocycles. The summed E-state index contributed by atoms with van der Waals surface area (Å²) in [6.07, 6.45) is -0.833. The summed E-state index contributed by atoms with van der Waals surface area (Å²) in [6.45, 7) is 0.260. The first-order valence-electron chi connectivity index (χ1n) is 1.97. The number of nitrogens with two attached hydrogens (primary N) is 1. The van der Waals surface area contributed by atoms with E-state index in [2.05, 4.69) is 10.3 Å². The molecule has 1 unspecified atom stereocenters. The van der Waals surface area contributed by atoms with Crippen LogP contribution < -0.4 is 11.2 Å². The van der Waals surface area contributed by atoms with Gasteiger partial charge in [-0.25, -0.2) is 0 Å². The van der Waals surface area contributed by atoms with Crippen molar-refractivity contribution in [1.29, 1.82) is 0 Å². The van der Waals surface area contributed by atoms with Gasteiger partial charge in [0, 0.05) is 0 Å². The molecule has 0 saturated heterocycles. The predicted octanol–water partition coefficient (Wildman–Crippen LogP) is -1.59. The minimum atomic E-state index is -0.833. The number of hydrogen-bond donors (Lipinski definition) is 3. The van der Waals surface area contributed by atoms with Crippen LogP contribution in [0.3, 0.4) is 0 Å². The van der Waals surface area contributed by atoms with Crippen molar-refractivity contribution in [2.75, 3.05) is 13.7 Å². The first-order chi connectivity index (χ1) is 3.27. The highest BCUT2D eigenvalue weighted by Gasteiger charge is 1.89. The van der Waals surface area contributed by atoms with Crippen LogP contribution in [0.5, 0.6) is 0 Å². The number of aliphatic hydroxyl groups excluding tert-OH is 1. The Morgan fingerprint density at radius 3 is 2.71 bits per heavy atom. The number of hydroxylamine groups is 1. The minimum absolute atomic E-state index is 0.260. The molecule has 0 spiro atoms. The fourth-order valence-corrected chi connectivity index (χ4v) is 0.169. The molecule has 7 heavy (non-hydrogen) atoms. The number of aliphatic hydroxyl groups is 1. The van der Waals surface area contributed by atoms with Crippen LogP contribution in [0.4, 0.5) is 0 Å². The number of hydrogen-bond acceptors (Lipinski definition) is 4. The lowest BCUT2D eigenvalue weighted by atomic mass is 10.6. The van der Waals surface area contributed by atoms with Crippen molar-refractivity contribution in [3.63, 3.8) is 0 Å². The Bertz CT molecular complexity index is 39.9. The molecular formula is C3H10N2O2. The van der Waals surface area contributed by atoms with E-state index in [1.165, 1.54) is 7.11 Å². The molecule has 0 bridgehead atoms. The van der Waals surface area contributed by atoms with Gasteiger partial charge >= 0.3 is 0 Å². The molecule has 44 valence electrons. The quantitative estimate of drug-likeness (QED) is 0.300. The molecule has 0 aromatic rings. The first-order valence-corrected chi connectivity index (χ1v) is 1.97. The van der Waals surface area contributed by atoms with Gasteiger partial charge in [0.1, 0.15) is 6.23 Å². The van der Waals surface area contributed by atoms with Gasteiger partial charge in [0.2, 0.25) is 0 Å². The van der Waals surface area contributed by atoms with Crippen molar-refractivity contribution in [1.82, 2.24) is 5.48 Å². The van der Waals surface area contributed by atoms with E-state index in [1.54, 1.807) is 0 Å². The lowest BCUT2D eigenvalue weighted by Crippen LogP contribution is -2.32. The van der Waals surface area contributed by atoms with Gasteiger partial charge in [0.25, 0.3) is 0 Å². The average molecular weight is 106 g/mol. The molecule has 4 N–H and O–H groups in total. The zero-order valence-corrected chi connectivity index (χ0v) is 4.22. The second kappa shape index (κ2) is 4.01. The van der Waals surface area contributed by atoms with Gasteiger partial charge in [-0.05, 0) is 0 Å². The Balaban J connectivity index is 2.68. The third-order valence-corrected chi connectivity index (χ3v) is 0.437. The van der Waals surface area contributed by atoms with Crippen LogP contribution in [0.15, 0.2) is 0 Å². The molecule has 0 aromatic heterocycles. The Labute approximate surface area is 42.2 Å². The highest BCUT2D eigenvalue weighted by molar-refractivity contribution is 4.39. The second-order valence-corrected chi connectivity index (χ2v) is 1.12. The summed E-state index contributed by atoms with van der Waals surface area (Å²) >= 11 is 0. The van der Waals surface area contributed by atoms with Crippen molar-refractivity contribution in [3.8, 4) is 0 Å². The molecule has 0 amide bonds. The highest BCUT2D eigenvalue weighted by Crippen LogP contribution is 1.61. The zero-order valence-electron chi connectivity index (χ0n) is 4.22. The van der Waals surface area contributed by atoms with E-state index in [9.17, 15) is 0 Å². The summed E-state index contributed by atoms with van der Waals surface area (Å²) in [5.74, 6) is 0. The summed E-state index contributed by atoms with van der Waals surface area (Å²) in [5.41, 5.74) is 7.26. The summed E-state index contributed by atoms with van der Waals surface area (Å²) in [6, 6.07) is 0. The molecule has 0 rings (SSSR count). The predicted molar refractivity (Wildman–Crippen MR) is 25.2 cm³/mol. The lowest BCUT2D eigenvalue weighted by Gasteiger charge is -2.01. The van der Waals surface area contributed by atoms with Crippen LogP contribution in [0, 0.1) is 0 Å². The van der Waals surface area contributed by atoms with Gasteiger partial charge in [0.05, 0.1) is 13.7 Å². The maximum absolute atomic E-state index is 8.32. The van der Waals surface area contributed by atoms with Gasteiger partial charge in [-0.3, -0.25) is 0 Å². The molecule has 4 nitrogen and oxygen atoms in total. The Kier molecular flexibility index (Phi) is 3.92. The van der Waals surface area contributed by atoms with E-state index in [1.807, 2.05) is 0 Å². The van der Waals surface area contributed by atoms with E-state index < -0.39 is 6.23 Å². The Morgan fingerprint density at radius 2 is 2.57 bits per heavy atom. The van der Waals surface area contributed by atoms with Crippen molar-refractivity contribution < 1.29 is 9.94 Å². The molecule has 0 radical (unpaired) electrons. The van der Waals surface area contributed by atoms with Crippen LogP contribution >= 0.6 is 0 Å². The fraction of sp³-hybridized carbons (Fsp3) is 1.00. The van der Waals surface area contributed by atoms with Gasteiger partial charge in [-0.15, -0.1) is 0 Å². The SMILES string of the molecule is CONCC(N)O. The molecule has 1 atom stereocenters.